The fraction of sp³-hybridized carbons (Fsp3) is 0.418. The van der Waals surface area contributed by atoms with Crippen LogP contribution < -0.4 is 195 Å². The fourth-order valence-corrected chi connectivity index (χ4v) is 18.2. The van der Waals surface area contributed by atoms with Crippen LogP contribution in [0.2, 0.25) is 0 Å². The smallest absolute Gasteiger partial charge is 1.00 e. The number of fused-ring (bicyclic) bond motifs is 15. The van der Waals surface area contributed by atoms with Crippen LogP contribution in [0.5, 0.6) is 23.0 Å². The number of aliphatic hydroxyl groups excluding tert-OH is 2. The number of nitrogens with zero attached hydrogens (tertiary/aromatic N) is 7. The quantitative estimate of drug-likeness (QED) is 0.00767. The third-order valence-corrected chi connectivity index (χ3v) is 24.9. The number of carbonyl (C=O) groups is 9. The second kappa shape index (κ2) is 50.4. The van der Waals surface area contributed by atoms with Gasteiger partial charge in [0, 0.05) is 49.0 Å². The minimum absolute atomic E-state index is 0. The molecule has 4 saturated carbocycles. The number of nitrogens with one attached hydrogen (secondary N) is 4. The van der Waals surface area contributed by atoms with Gasteiger partial charge in [-0.3, -0.25) is 57.5 Å². The van der Waals surface area contributed by atoms with Crippen LogP contribution in [0.3, 0.4) is 0 Å². The number of halogens is 6. The molecule has 10 heterocycles. The molecular formula is C91H100Br2F4K2MgN12O26. The molecule has 6 aliphatic heterocycles. The molecule has 3 saturated heterocycles. The van der Waals surface area contributed by atoms with Gasteiger partial charge in [-0.25, -0.2) is 22.4 Å². The van der Waals surface area contributed by atoms with E-state index in [-0.39, 0.29) is 281 Å². The van der Waals surface area contributed by atoms with Gasteiger partial charge < -0.3 is 160 Å². The van der Waals surface area contributed by atoms with Crippen molar-refractivity contribution in [1.82, 2.24) is 54.2 Å². The van der Waals surface area contributed by atoms with Crippen molar-refractivity contribution in [1.29, 1.82) is 0 Å². The number of methoxy groups -OCH3 is 2. The number of aromatic nitrogens is 4. The summed E-state index contributed by atoms with van der Waals surface area (Å²) < 4.78 is 85.4. The van der Waals surface area contributed by atoms with Crippen LogP contribution in [0.15, 0.2) is 141 Å². The predicted octanol–water partition coefficient (Wildman–Crippen LogP) is -7.62. The standard InChI is InChI=1S/3C22H22FN3O5.C19H21FN2O7.C5H11NO.CH2O3.2BrH.2K.Mg.H/c3*1-11(12-2-4-13(23)5-3-12)24-21(29)16-9-25-10-17-26(14-6-7-15(8-14)31-17)22(30)18(25)20(28)19(16)27;1-10(11-4-6-12(20)7-5-11)21-18(26)13-8-22(9-14(23)24)15(19(27)29-3)17(28-2)16(13)25;6-4-1-2-5(7)3-4;2-1-4-3;;;;;;/h3*2-5,9,11,14-15,17,28H,6-8,10H2,1H3,(H,24,29);4-8,10,14,23-24H,9H2,1-3H3,(H,21,26);4-5,7H,1-3,6H2;1,3H;2*1H;;;;/q;;;;;;;;2*+1;+2;-1/p-3/t3*11-,14+,15-,17-;10-;4-,5+;;;;;;;/m00001......./s1. The molecule has 47 heteroatoms. The van der Waals surface area contributed by atoms with Gasteiger partial charge in [-0.05, 0) is 176 Å². The summed E-state index contributed by atoms with van der Waals surface area (Å²) in [6.07, 6.45) is 11.9. The van der Waals surface area contributed by atoms with Crippen molar-refractivity contribution >= 4 is 76.8 Å². The van der Waals surface area contributed by atoms with Crippen LogP contribution in [-0.4, -0.2) is 228 Å². The summed E-state index contributed by atoms with van der Waals surface area (Å²) in [7, 11) is 2.21. The first-order valence-electron chi connectivity index (χ1n) is 42.9. The molecule has 38 nitrogen and oxygen atoms in total. The van der Waals surface area contributed by atoms with Gasteiger partial charge in [-0.1, -0.05) is 48.5 Å². The molecule has 12 N–H and O–H groups in total. The zero-order valence-electron chi connectivity index (χ0n) is 77.2. The maximum absolute atomic E-state index is 13.1. The topological polar surface area (TPSA) is 525 Å². The average molecular weight is 2120 g/mol. The Hall–Kier alpha value is -8.49. The Bertz CT molecular complexity index is 5610. The Kier molecular flexibility index (Phi) is 42.0. The second-order valence-corrected chi connectivity index (χ2v) is 33.6. The third kappa shape index (κ3) is 25.9. The van der Waals surface area contributed by atoms with E-state index >= 15 is 0 Å². The number of hydrogen-bond donors (Lipinski definition) is 11. The summed E-state index contributed by atoms with van der Waals surface area (Å²) in [5, 5.41) is 78.1. The van der Waals surface area contributed by atoms with Crippen molar-refractivity contribution in [3.63, 3.8) is 0 Å². The third-order valence-electron chi connectivity index (χ3n) is 24.9. The molecule has 10 aliphatic rings. The van der Waals surface area contributed by atoms with Crippen molar-refractivity contribution in [3.8, 4) is 23.0 Å². The molecule has 726 valence electrons. The minimum Gasteiger partial charge on any atom is -1.00 e. The van der Waals surface area contributed by atoms with E-state index < -0.39 is 171 Å². The van der Waals surface area contributed by atoms with Crippen LogP contribution in [0.4, 0.5) is 17.6 Å². The van der Waals surface area contributed by atoms with Gasteiger partial charge in [0.1, 0.15) is 45.5 Å². The zero-order valence-corrected chi connectivity index (χ0v) is 87.0. The van der Waals surface area contributed by atoms with Crippen molar-refractivity contribution in [2.75, 3.05) is 14.2 Å². The summed E-state index contributed by atoms with van der Waals surface area (Å²) in [5.74, 6) is -9.44. The van der Waals surface area contributed by atoms with Gasteiger partial charge >= 0.3 is 132 Å². The molecule has 7 fully saturated rings. The predicted molar refractivity (Wildman–Crippen MR) is 462 cm³/mol. The molecule has 6 bridgehead atoms. The van der Waals surface area contributed by atoms with Crippen LogP contribution in [-0.2, 0) is 54.8 Å². The van der Waals surface area contributed by atoms with Crippen molar-refractivity contribution in [2.24, 2.45) is 5.73 Å². The van der Waals surface area contributed by atoms with E-state index in [4.69, 9.17) is 39.8 Å². The molecule has 18 rings (SSSR count). The number of aromatic hydroxyl groups is 3. The number of rotatable bonds is 17. The zero-order chi connectivity index (χ0) is 96.0. The van der Waals surface area contributed by atoms with E-state index in [1.54, 1.807) is 78.8 Å². The number of ether oxygens (including phenoxy) is 5. The van der Waals surface area contributed by atoms with Crippen molar-refractivity contribution < 1.29 is 263 Å². The number of hydrogen-bond acceptors (Lipinski definition) is 27. The molecule has 138 heavy (non-hydrogen) atoms. The molecule has 0 spiro atoms. The van der Waals surface area contributed by atoms with Gasteiger partial charge in [0.15, 0.2) is 70.7 Å². The van der Waals surface area contributed by atoms with E-state index in [9.17, 15) is 101 Å². The molecule has 4 aliphatic carbocycles. The second-order valence-electron chi connectivity index (χ2n) is 33.6. The normalized spacial score (nSPS) is 21.6. The van der Waals surface area contributed by atoms with E-state index in [0.717, 1.165) is 102 Å². The van der Waals surface area contributed by atoms with Gasteiger partial charge in [-0.2, -0.15) is 0 Å². The van der Waals surface area contributed by atoms with Crippen LogP contribution in [0.1, 0.15) is 236 Å². The maximum Gasteiger partial charge on any atom is 2.00 e. The summed E-state index contributed by atoms with van der Waals surface area (Å²) >= 11 is 0. The monoisotopic (exact) mass is 2110 g/mol. The molecule has 15 atom stereocenters. The van der Waals surface area contributed by atoms with Gasteiger partial charge in [0.2, 0.25) is 21.7 Å². The van der Waals surface area contributed by atoms with E-state index in [1.807, 2.05) is 0 Å². The molecule has 4 aromatic heterocycles. The Morgan fingerprint density at radius 3 is 0.993 bits per heavy atom. The first-order chi connectivity index (χ1) is 63.4. The SMILES string of the molecule is COC(=O)c1c(OC)c(=O)c(C(=O)N[C@@H](C)c2ccc(F)cc2)cn1CC(O)O.C[C@H](NC(=O)c1cn2c(c(O)c1=O)C(=O)N1[C@@H]3CC[C@@H](C3)O[C@H]1C2)c1ccc(F)cc1.C[C@H](NC(=O)c1cn2c(c(O)c1=O)C(=O)N1[C@@H]3CC[C@@H](C3)O[C@H]1C2)c1ccc(F)cc1.C[C@H](NC(=O)c1cn2c(c(O)c1=O)C(=O)N1[C@@H]3CC[C@@H](C3)O[C@H]1C2)c1ccc(F)cc1.N[C@@H]1CC[C@H](O)C1.O=CO[O-].[Br-].[Br-].[H-].[K+].[K+].[Mg+2]. The number of pyridine rings is 4. The molecular weight excluding hydrogens is 2020 g/mol. The van der Waals surface area contributed by atoms with Gasteiger partial charge in [-0.15, -0.1) is 0 Å². The van der Waals surface area contributed by atoms with Crippen LogP contribution in [0.25, 0.3) is 0 Å². The number of aliphatic hydroxyl groups is 3. The molecule has 8 aromatic rings. The summed E-state index contributed by atoms with van der Waals surface area (Å²) in [4.78, 5) is 169. The largest absolute Gasteiger partial charge is 2.00 e. The Balaban J connectivity index is 0.000000239. The van der Waals surface area contributed by atoms with E-state index in [1.165, 1.54) is 93.0 Å². The summed E-state index contributed by atoms with van der Waals surface area (Å²) in [6, 6.07) is 20.7. The Morgan fingerprint density at radius 1 is 0.478 bits per heavy atom. The summed E-state index contributed by atoms with van der Waals surface area (Å²) in [6.45, 7) is 6.74. The number of nitrogens with two attached hydrogens (primary N) is 1. The van der Waals surface area contributed by atoms with Gasteiger partial charge in [0.25, 0.3) is 47.8 Å². The van der Waals surface area contributed by atoms with Crippen molar-refractivity contribution in [2.45, 2.75) is 229 Å². The first kappa shape index (κ1) is 115. The molecule has 4 aromatic carbocycles. The fourth-order valence-electron chi connectivity index (χ4n) is 18.2. The number of carbonyl (C=O) groups excluding carboxylic acids is 9. The molecule has 0 unspecified atom stereocenters. The Morgan fingerprint density at radius 2 is 0.761 bits per heavy atom. The minimum atomic E-state index is -1.88. The number of benzene rings is 4. The number of amides is 7. The van der Waals surface area contributed by atoms with E-state index in [2.05, 4.69) is 30.9 Å². The van der Waals surface area contributed by atoms with Crippen LogP contribution in [0, 0.1) is 23.3 Å². The number of esters is 1. The Labute approximate surface area is 909 Å². The maximum atomic E-state index is 13.1. The summed E-state index contributed by atoms with van der Waals surface area (Å²) in [5.41, 5.74) is 2.59. The van der Waals surface area contributed by atoms with Crippen molar-refractivity contribution in [3.05, 3.63) is 253 Å². The first-order valence-corrected chi connectivity index (χ1v) is 42.9. The van der Waals surface area contributed by atoms with Crippen LogP contribution >= 0.6 is 0 Å². The van der Waals surface area contributed by atoms with E-state index in [0.29, 0.717) is 22.3 Å². The molecule has 0 radical (unpaired) electrons. The molecule has 7 amide bonds. The average Bonchev–Trinajstić information content (AvgIpc) is 1.74. The van der Waals surface area contributed by atoms with Gasteiger partial charge in [0.05, 0.1) is 89.0 Å².